The zero-order chi connectivity index (χ0) is 14.8. The highest BCUT2D eigenvalue weighted by Crippen LogP contribution is 2.31. The van der Waals surface area contributed by atoms with Crippen LogP contribution in [0.25, 0.3) is 11.1 Å². The fraction of sp³-hybridized carbons (Fsp3) is 0.312. The van der Waals surface area contributed by atoms with Crippen molar-refractivity contribution in [3.8, 4) is 17.0 Å². The highest BCUT2D eigenvalue weighted by Gasteiger charge is 2.24. The molecule has 5 heteroatoms. The van der Waals surface area contributed by atoms with E-state index >= 15 is 0 Å². The van der Waals surface area contributed by atoms with Crippen LogP contribution in [-0.2, 0) is 0 Å². The Hall–Kier alpha value is -2.43. The second kappa shape index (κ2) is 5.52. The van der Waals surface area contributed by atoms with Crippen molar-refractivity contribution in [1.29, 1.82) is 0 Å². The van der Waals surface area contributed by atoms with Crippen LogP contribution in [0.4, 0.5) is 0 Å². The number of pyridine rings is 2. The molecule has 1 saturated carbocycles. The summed E-state index contributed by atoms with van der Waals surface area (Å²) in [6.07, 6.45) is 7.35. The van der Waals surface area contributed by atoms with Crippen molar-refractivity contribution in [1.82, 2.24) is 9.97 Å². The Bertz CT molecular complexity index is 681. The lowest BCUT2D eigenvalue weighted by atomic mass is 10.0. The third-order valence-electron chi connectivity index (χ3n) is 3.58. The van der Waals surface area contributed by atoms with E-state index in [0.29, 0.717) is 12.5 Å². The maximum Gasteiger partial charge on any atom is 0.341 e. The van der Waals surface area contributed by atoms with Gasteiger partial charge in [-0.2, -0.15) is 0 Å². The van der Waals surface area contributed by atoms with Crippen LogP contribution in [0.3, 0.4) is 0 Å². The number of nitrogens with zero attached hydrogens (tertiary/aromatic N) is 2. The van der Waals surface area contributed by atoms with Crippen molar-refractivity contribution >= 4 is 5.97 Å². The normalized spacial score (nSPS) is 14.0. The highest BCUT2D eigenvalue weighted by molar-refractivity contribution is 5.91. The summed E-state index contributed by atoms with van der Waals surface area (Å²) < 4.78 is 5.54. The van der Waals surface area contributed by atoms with Gasteiger partial charge in [0.05, 0.1) is 6.61 Å². The molecule has 0 bridgehead atoms. The first-order valence-corrected chi connectivity index (χ1v) is 6.92. The van der Waals surface area contributed by atoms with E-state index in [-0.39, 0.29) is 11.4 Å². The SMILES string of the molecule is Cc1ccncc1-c1cnc(OCC2CC2)c(C(=O)O)c1. The number of carbonyl (C=O) groups is 1. The van der Waals surface area contributed by atoms with Crippen LogP contribution in [0.5, 0.6) is 5.88 Å². The smallest absolute Gasteiger partial charge is 0.341 e. The van der Waals surface area contributed by atoms with Gasteiger partial charge in [-0.3, -0.25) is 4.98 Å². The third kappa shape index (κ3) is 3.02. The molecule has 0 atom stereocenters. The van der Waals surface area contributed by atoms with Gasteiger partial charge in [-0.1, -0.05) is 0 Å². The molecule has 0 saturated heterocycles. The van der Waals surface area contributed by atoms with Gasteiger partial charge in [-0.15, -0.1) is 0 Å². The number of ether oxygens (including phenoxy) is 1. The van der Waals surface area contributed by atoms with Gasteiger partial charge >= 0.3 is 5.97 Å². The van der Waals surface area contributed by atoms with Gasteiger partial charge in [0.2, 0.25) is 5.88 Å². The minimum absolute atomic E-state index is 0.0939. The van der Waals surface area contributed by atoms with E-state index in [9.17, 15) is 9.90 Å². The molecule has 2 heterocycles. The summed E-state index contributed by atoms with van der Waals surface area (Å²) >= 11 is 0. The Morgan fingerprint density at radius 1 is 1.43 bits per heavy atom. The predicted octanol–water partition coefficient (Wildman–Crippen LogP) is 2.94. The Morgan fingerprint density at radius 3 is 2.90 bits per heavy atom. The quantitative estimate of drug-likeness (QED) is 0.914. The zero-order valence-electron chi connectivity index (χ0n) is 11.7. The summed E-state index contributed by atoms with van der Waals surface area (Å²) in [5.74, 6) is -0.287. The van der Waals surface area contributed by atoms with Crippen molar-refractivity contribution < 1.29 is 14.6 Å². The summed E-state index contributed by atoms with van der Waals surface area (Å²) in [6.45, 7) is 2.49. The van der Waals surface area contributed by atoms with Gasteiger partial charge in [0.1, 0.15) is 5.56 Å². The number of rotatable bonds is 5. The number of hydrogen-bond acceptors (Lipinski definition) is 4. The molecule has 21 heavy (non-hydrogen) atoms. The molecule has 0 unspecified atom stereocenters. The fourth-order valence-corrected chi connectivity index (χ4v) is 2.12. The maximum absolute atomic E-state index is 11.4. The number of aromatic carboxylic acids is 1. The molecule has 108 valence electrons. The van der Waals surface area contributed by atoms with Crippen LogP contribution in [0.15, 0.2) is 30.7 Å². The Labute approximate surface area is 122 Å². The lowest BCUT2D eigenvalue weighted by Crippen LogP contribution is -2.07. The van der Waals surface area contributed by atoms with E-state index < -0.39 is 5.97 Å². The third-order valence-corrected chi connectivity index (χ3v) is 3.58. The zero-order valence-corrected chi connectivity index (χ0v) is 11.7. The predicted molar refractivity (Wildman–Crippen MR) is 77.4 cm³/mol. The Morgan fingerprint density at radius 2 is 2.24 bits per heavy atom. The molecule has 3 rings (SSSR count). The first kappa shape index (κ1) is 13.5. The number of aryl methyl sites for hydroxylation is 1. The van der Waals surface area contributed by atoms with Gasteiger partial charge < -0.3 is 9.84 Å². The van der Waals surface area contributed by atoms with E-state index in [2.05, 4.69) is 9.97 Å². The van der Waals surface area contributed by atoms with Crippen LogP contribution in [0, 0.1) is 12.8 Å². The summed E-state index contributed by atoms with van der Waals surface area (Å²) in [5, 5.41) is 9.35. The van der Waals surface area contributed by atoms with Crippen LogP contribution in [0.1, 0.15) is 28.8 Å². The number of carboxylic acid groups (broad SMARTS) is 1. The molecule has 2 aromatic rings. The van der Waals surface area contributed by atoms with E-state index in [1.54, 1.807) is 24.7 Å². The first-order valence-electron chi connectivity index (χ1n) is 6.92. The molecule has 1 aliphatic carbocycles. The highest BCUT2D eigenvalue weighted by atomic mass is 16.5. The van der Waals surface area contributed by atoms with Crippen molar-refractivity contribution in [2.24, 2.45) is 5.92 Å². The molecule has 0 radical (unpaired) electrons. The summed E-state index contributed by atoms with van der Waals surface area (Å²) in [6, 6.07) is 3.48. The molecular formula is C16H16N2O3. The number of hydrogen-bond donors (Lipinski definition) is 1. The molecule has 1 aliphatic rings. The Kier molecular flexibility index (Phi) is 3.56. The topological polar surface area (TPSA) is 72.3 Å². The molecule has 5 nitrogen and oxygen atoms in total. The van der Waals surface area contributed by atoms with Crippen molar-refractivity contribution in [2.75, 3.05) is 6.61 Å². The monoisotopic (exact) mass is 284 g/mol. The molecule has 1 N–H and O–H groups in total. The molecule has 0 aromatic carbocycles. The number of aromatic nitrogens is 2. The van der Waals surface area contributed by atoms with Gasteiger partial charge in [0.15, 0.2) is 0 Å². The second-order valence-electron chi connectivity index (χ2n) is 5.33. The van der Waals surface area contributed by atoms with Crippen molar-refractivity contribution in [2.45, 2.75) is 19.8 Å². The van der Waals surface area contributed by atoms with Crippen LogP contribution in [-0.4, -0.2) is 27.7 Å². The van der Waals surface area contributed by atoms with Crippen LogP contribution >= 0.6 is 0 Å². The van der Waals surface area contributed by atoms with E-state index in [1.807, 2.05) is 13.0 Å². The van der Waals surface area contributed by atoms with Gasteiger partial charge in [-0.05, 0) is 43.4 Å². The lowest BCUT2D eigenvalue weighted by molar-refractivity contribution is 0.0691. The molecule has 0 amide bonds. The molecule has 2 aromatic heterocycles. The van der Waals surface area contributed by atoms with Crippen molar-refractivity contribution in [3.05, 3.63) is 41.9 Å². The molecule has 0 spiro atoms. The van der Waals surface area contributed by atoms with Crippen LogP contribution in [0.2, 0.25) is 0 Å². The standard InChI is InChI=1S/C16H16N2O3/c1-10-4-5-17-8-14(10)12-6-13(16(19)20)15(18-7-12)21-9-11-2-3-11/h4-8,11H,2-3,9H2,1H3,(H,19,20). The van der Waals surface area contributed by atoms with Gasteiger partial charge in [0, 0.05) is 29.7 Å². The molecule has 0 aliphatic heterocycles. The Balaban J connectivity index is 1.94. The van der Waals surface area contributed by atoms with E-state index in [1.165, 1.54) is 0 Å². The average Bonchev–Trinajstić information content (AvgIpc) is 3.30. The maximum atomic E-state index is 11.4. The van der Waals surface area contributed by atoms with Crippen molar-refractivity contribution in [3.63, 3.8) is 0 Å². The summed E-state index contributed by atoms with van der Waals surface area (Å²) in [7, 11) is 0. The summed E-state index contributed by atoms with van der Waals surface area (Å²) in [4.78, 5) is 19.7. The van der Waals surface area contributed by atoms with Gasteiger partial charge in [-0.25, -0.2) is 9.78 Å². The average molecular weight is 284 g/mol. The minimum Gasteiger partial charge on any atom is -0.477 e. The van der Waals surface area contributed by atoms with Gasteiger partial charge in [0.25, 0.3) is 0 Å². The fourth-order valence-electron chi connectivity index (χ4n) is 2.12. The molecule has 1 fully saturated rings. The van der Waals surface area contributed by atoms with E-state index in [4.69, 9.17) is 4.74 Å². The second-order valence-corrected chi connectivity index (χ2v) is 5.33. The van der Waals surface area contributed by atoms with E-state index in [0.717, 1.165) is 29.5 Å². The molecular weight excluding hydrogens is 268 g/mol. The number of carboxylic acids is 1. The lowest BCUT2D eigenvalue weighted by Gasteiger charge is -2.10. The minimum atomic E-state index is -1.03. The van der Waals surface area contributed by atoms with Crippen LogP contribution < -0.4 is 4.74 Å². The largest absolute Gasteiger partial charge is 0.477 e. The summed E-state index contributed by atoms with van der Waals surface area (Å²) in [5.41, 5.74) is 2.73. The first-order chi connectivity index (χ1) is 10.1.